The Labute approximate surface area is 159 Å². The number of fused-ring (bicyclic) bond motifs is 1. The predicted octanol–water partition coefficient (Wildman–Crippen LogP) is 4.04. The maximum Gasteiger partial charge on any atom is 0.387 e. The molecule has 1 aliphatic heterocycles. The highest BCUT2D eigenvalue weighted by atomic mass is 35.5. The summed E-state index contributed by atoms with van der Waals surface area (Å²) in [4.78, 5) is 12.0. The molecule has 0 spiro atoms. The van der Waals surface area contributed by atoms with Crippen molar-refractivity contribution in [2.75, 3.05) is 13.2 Å². The number of halogens is 3. The van der Waals surface area contributed by atoms with Gasteiger partial charge in [0.25, 0.3) is 0 Å². The van der Waals surface area contributed by atoms with Gasteiger partial charge in [0.2, 0.25) is 5.91 Å². The molecule has 0 unspecified atom stereocenters. The van der Waals surface area contributed by atoms with Gasteiger partial charge in [0.15, 0.2) is 11.5 Å². The third-order valence-corrected chi connectivity index (χ3v) is 3.97. The first kappa shape index (κ1) is 19.0. The van der Waals surface area contributed by atoms with Gasteiger partial charge >= 0.3 is 6.61 Å². The standard InChI is InChI=1S/C19H16ClF2NO4/c20-14-9-12(10-16-18(14)26-8-7-25-16)5-6-17(24)23-11-13-3-1-2-4-15(13)27-19(21)22/h1-6,9-10,19H,7-8,11H2,(H,23,24)/b6-5+. The van der Waals surface area contributed by atoms with Gasteiger partial charge in [-0.2, -0.15) is 8.78 Å². The van der Waals surface area contributed by atoms with E-state index in [-0.39, 0.29) is 12.3 Å². The van der Waals surface area contributed by atoms with Crippen molar-refractivity contribution in [1.82, 2.24) is 5.32 Å². The molecule has 0 saturated carbocycles. The topological polar surface area (TPSA) is 56.8 Å². The van der Waals surface area contributed by atoms with Gasteiger partial charge in [-0.05, 0) is 29.8 Å². The average Bonchev–Trinajstić information content (AvgIpc) is 2.65. The van der Waals surface area contributed by atoms with E-state index in [0.29, 0.717) is 40.9 Å². The second-order valence-corrected chi connectivity index (χ2v) is 5.97. The van der Waals surface area contributed by atoms with Gasteiger partial charge in [0, 0.05) is 18.2 Å². The first-order valence-corrected chi connectivity index (χ1v) is 8.48. The maximum atomic E-state index is 12.4. The summed E-state index contributed by atoms with van der Waals surface area (Å²) in [7, 11) is 0. The maximum absolute atomic E-state index is 12.4. The van der Waals surface area contributed by atoms with Gasteiger partial charge in [-0.25, -0.2) is 0 Å². The monoisotopic (exact) mass is 395 g/mol. The van der Waals surface area contributed by atoms with Crippen LogP contribution in [0.4, 0.5) is 8.78 Å². The molecule has 27 heavy (non-hydrogen) atoms. The Kier molecular flexibility index (Phi) is 6.13. The zero-order valence-corrected chi connectivity index (χ0v) is 14.8. The highest BCUT2D eigenvalue weighted by molar-refractivity contribution is 6.32. The first-order chi connectivity index (χ1) is 13.0. The molecule has 0 radical (unpaired) electrons. The Hall–Kier alpha value is -2.80. The summed E-state index contributed by atoms with van der Waals surface area (Å²) in [6.07, 6.45) is 2.89. The third kappa shape index (κ3) is 5.10. The fourth-order valence-corrected chi connectivity index (χ4v) is 2.77. The molecule has 0 saturated heterocycles. The number of hydrogen-bond acceptors (Lipinski definition) is 4. The van der Waals surface area contributed by atoms with Crippen LogP contribution in [-0.4, -0.2) is 25.7 Å². The van der Waals surface area contributed by atoms with Crippen molar-refractivity contribution in [3.05, 3.63) is 58.6 Å². The molecule has 0 aliphatic carbocycles. The molecular weight excluding hydrogens is 380 g/mol. The molecule has 1 N–H and O–H groups in total. The van der Waals surface area contributed by atoms with E-state index in [1.54, 1.807) is 36.4 Å². The van der Waals surface area contributed by atoms with Crippen LogP contribution in [0, 0.1) is 0 Å². The van der Waals surface area contributed by atoms with Gasteiger partial charge in [-0.3, -0.25) is 4.79 Å². The van der Waals surface area contributed by atoms with E-state index in [1.165, 1.54) is 12.1 Å². The molecule has 0 fully saturated rings. The Morgan fingerprint density at radius 1 is 1.26 bits per heavy atom. The lowest BCUT2D eigenvalue weighted by Crippen LogP contribution is -2.21. The lowest BCUT2D eigenvalue weighted by atomic mass is 10.1. The molecule has 3 rings (SSSR count). The van der Waals surface area contributed by atoms with Crippen molar-refractivity contribution in [3.8, 4) is 17.2 Å². The van der Waals surface area contributed by atoms with Crippen molar-refractivity contribution in [1.29, 1.82) is 0 Å². The number of carbonyl (C=O) groups excluding carboxylic acids is 1. The molecule has 0 bridgehead atoms. The molecule has 0 atom stereocenters. The summed E-state index contributed by atoms with van der Waals surface area (Å²) >= 11 is 6.15. The second-order valence-electron chi connectivity index (χ2n) is 5.56. The van der Waals surface area contributed by atoms with Gasteiger partial charge in [-0.15, -0.1) is 0 Å². The Balaban J connectivity index is 1.62. The van der Waals surface area contributed by atoms with E-state index in [2.05, 4.69) is 10.1 Å². The molecule has 142 valence electrons. The van der Waals surface area contributed by atoms with E-state index in [1.807, 2.05) is 0 Å². The predicted molar refractivity (Wildman–Crippen MR) is 96.4 cm³/mol. The van der Waals surface area contributed by atoms with Crippen LogP contribution in [0.2, 0.25) is 5.02 Å². The van der Waals surface area contributed by atoms with Crippen molar-refractivity contribution < 1.29 is 27.8 Å². The molecule has 8 heteroatoms. The number of alkyl halides is 2. The van der Waals surface area contributed by atoms with Crippen molar-refractivity contribution >= 4 is 23.6 Å². The zero-order valence-electron chi connectivity index (χ0n) is 14.1. The van der Waals surface area contributed by atoms with E-state index >= 15 is 0 Å². The number of carbonyl (C=O) groups is 1. The van der Waals surface area contributed by atoms with Crippen LogP contribution in [0.1, 0.15) is 11.1 Å². The first-order valence-electron chi connectivity index (χ1n) is 8.10. The highest BCUT2D eigenvalue weighted by Gasteiger charge is 2.16. The van der Waals surface area contributed by atoms with Crippen molar-refractivity contribution in [2.24, 2.45) is 0 Å². The number of para-hydroxylation sites is 1. The van der Waals surface area contributed by atoms with Gasteiger partial charge < -0.3 is 19.5 Å². The molecule has 1 amide bonds. The minimum atomic E-state index is -2.93. The van der Waals surface area contributed by atoms with E-state index < -0.39 is 12.5 Å². The average molecular weight is 396 g/mol. The quantitative estimate of drug-likeness (QED) is 0.750. The van der Waals surface area contributed by atoms with Crippen LogP contribution in [0.3, 0.4) is 0 Å². The van der Waals surface area contributed by atoms with Crippen LogP contribution in [0.15, 0.2) is 42.5 Å². The Bertz CT molecular complexity index is 858. The fourth-order valence-electron chi connectivity index (χ4n) is 2.50. The van der Waals surface area contributed by atoms with Crippen LogP contribution >= 0.6 is 11.6 Å². The molecule has 5 nitrogen and oxygen atoms in total. The summed E-state index contributed by atoms with van der Waals surface area (Å²) < 4.78 is 40.2. The van der Waals surface area contributed by atoms with Gasteiger partial charge in [0.05, 0.1) is 5.02 Å². The normalized spacial score (nSPS) is 13.0. The number of nitrogens with one attached hydrogen (secondary N) is 1. The molecule has 1 heterocycles. The number of hydrogen-bond donors (Lipinski definition) is 1. The van der Waals surface area contributed by atoms with Gasteiger partial charge in [-0.1, -0.05) is 29.8 Å². The van der Waals surface area contributed by atoms with E-state index in [4.69, 9.17) is 21.1 Å². The van der Waals surface area contributed by atoms with Crippen molar-refractivity contribution in [2.45, 2.75) is 13.2 Å². The van der Waals surface area contributed by atoms with Crippen LogP contribution < -0.4 is 19.5 Å². The number of benzene rings is 2. The molecular formula is C19H16ClF2NO4. The van der Waals surface area contributed by atoms with Crippen molar-refractivity contribution in [3.63, 3.8) is 0 Å². The van der Waals surface area contributed by atoms with Crippen LogP contribution in [-0.2, 0) is 11.3 Å². The number of ether oxygens (including phenoxy) is 3. The van der Waals surface area contributed by atoms with Crippen LogP contribution in [0.5, 0.6) is 17.2 Å². The van der Waals surface area contributed by atoms with Gasteiger partial charge in [0.1, 0.15) is 19.0 Å². The largest absolute Gasteiger partial charge is 0.486 e. The highest BCUT2D eigenvalue weighted by Crippen LogP contribution is 2.38. The second kappa shape index (κ2) is 8.73. The van der Waals surface area contributed by atoms with Crippen LogP contribution in [0.25, 0.3) is 6.08 Å². The number of rotatable bonds is 6. The Morgan fingerprint density at radius 2 is 2.04 bits per heavy atom. The lowest BCUT2D eigenvalue weighted by molar-refractivity contribution is -0.116. The minimum absolute atomic E-state index is 0.0235. The van der Waals surface area contributed by atoms with E-state index in [0.717, 1.165) is 0 Å². The third-order valence-electron chi connectivity index (χ3n) is 3.69. The SMILES string of the molecule is O=C(/C=C/c1cc(Cl)c2c(c1)OCCO2)NCc1ccccc1OC(F)F. The zero-order chi connectivity index (χ0) is 19.2. The molecule has 0 aromatic heterocycles. The molecule has 1 aliphatic rings. The summed E-state index contributed by atoms with van der Waals surface area (Å²) in [5.41, 5.74) is 1.11. The summed E-state index contributed by atoms with van der Waals surface area (Å²) in [5.74, 6) is 0.635. The van der Waals surface area contributed by atoms with E-state index in [9.17, 15) is 13.6 Å². The summed E-state index contributed by atoms with van der Waals surface area (Å²) in [5, 5.41) is 3.01. The lowest BCUT2D eigenvalue weighted by Gasteiger charge is -2.19. The fraction of sp³-hybridized carbons (Fsp3) is 0.211. The minimum Gasteiger partial charge on any atom is -0.486 e. The summed E-state index contributed by atoms with van der Waals surface area (Å²) in [6, 6.07) is 9.64. The molecule has 2 aromatic rings. The molecule has 2 aromatic carbocycles. The smallest absolute Gasteiger partial charge is 0.387 e. The Morgan fingerprint density at radius 3 is 2.85 bits per heavy atom. The number of amides is 1. The summed E-state index contributed by atoms with van der Waals surface area (Å²) in [6.45, 7) is -2.02.